The molecule has 0 saturated heterocycles. The first-order valence-electron chi connectivity index (χ1n) is 13.2. The molecule has 2 unspecified atom stereocenters. The number of halogens is 1. The zero-order valence-corrected chi connectivity index (χ0v) is 23.4. The molecule has 0 aromatic heterocycles. The number of nitrogens with zero attached hydrogens (tertiary/aromatic N) is 1. The monoisotopic (exact) mass is 505 g/mol. The van der Waals surface area contributed by atoms with Crippen LogP contribution >= 0.6 is 0 Å². The predicted molar refractivity (Wildman–Crippen MR) is 149 cm³/mol. The molecule has 5 N–H and O–H groups in total. The number of hydrazine groups is 1. The molecule has 1 aromatic rings. The van der Waals surface area contributed by atoms with Crippen molar-refractivity contribution in [2.45, 2.75) is 67.0 Å². The molecule has 0 spiro atoms. The minimum absolute atomic E-state index is 0.0117. The zero-order valence-electron chi connectivity index (χ0n) is 23.4. The second-order valence-corrected chi connectivity index (χ2v) is 7.69. The molecule has 1 amide bonds. The molecule has 2 heterocycles. The van der Waals surface area contributed by atoms with Crippen LogP contribution in [0.1, 0.15) is 64.4 Å². The van der Waals surface area contributed by atoms with E-state index < -0.39 is 6.10 Å². The third-order valence-corrected chi connectivity index (χ3v) is 5.19. The Morgan fingerprint density at radius 1 is 1.14 bits per heavy atom. The number of benzene rings is 1. The van der Waals surface area contributed by atoms with E-state index in [9.17, 15) is 14.3 Å². The van der Waals surface area contributed by atoms with E-state index in [1.165, 1.54) is 6.08 Å². The van der Waals surface area contributed by atoms with Gasteiger partial charge < -0.3 is 26.1 Å². The van der Waals surface area contributed by atoms with Crippen molar-refractivity contribution in [3.05, 3.63) is 70.8 Å². The molecule has 204 valence electrons. The Kier molecular flexibility index (Phi) is 18.0. The molecule has 0 fully saturated rings. The van der Waals surface area contributed by atoms with Gasteiger partial charge in [0.15, 0.2) is 5.95 Å². The van der Waals surface area contributed by atoms with Crippen LogP contribution in [0.15, 0.2) is 59.7 Å². The van der Waals surface area contributed by atoms with Gasteiger partial charge in [0.25, 0.3) is 5.91 Å². The van der Waals surface area contributed by atoms with Gasteiger partial charge in [-0.25, -0.2) is 5.43 Å². The van der Waals surface area contributed by atoms with E-state index in [2.05, 4.69) is 27.6 Å². The van der Waals surface area contributed by atoms with Crippen molar-refractivity contribution < 1.29 is 14.3 Å². The fourth-order valence-corrected chi connectivity index (χ4v) is 3.42. The summed E-state index contributed by atoms with van der Waals surface area (Å²) in [5.74, 6) is -0.395. The highest BCUT2D eigenvalue weighted by atomic mass is 19.1. The summed E-state index contributed by atoms with van der Waals surface area (Å²) in [7, 11) is 1.80. The van der Waals surface area contributed by atoms with Gasteiger partial charge in [0.05, 0.1) is 12.1 Å². The number of amides is 1. The summed E-state index contributed by atoms with van der Waals surface area (Å²) in [6, 6.07) is 7.72. The van der Waals surface area contributed by atoms with Crippen molar-refractivity contribution in [1.29, 1.82) is 0 Å². The van der Waals surface area contributed by atoms with Crippen LogP contribution in [0.4, 0.5) is 4.39 Å². The molecule has 0 aliphatic carbocycles. The van der Waals surface area contributed by atoms with E-state index in [0.717, 1.165) is 23.3 Å². The van der Waals surface area contributed by atoms with Crippen LogP contribution in [0.5, 0.6) is 0 Å². The molecule has 0 bridgehead atoms. The Morgan fingerprint density at radius 2 is 1.78 bits per heavy atom. The maximum atomic E-state index is 12.9. The number of aliphatic hydroxyl groups excluding tert-OH is 1. The summed E-state index contributed by atoms with van der Waals surface area (Å²) in [5, 5.41) is 15.9. The van der Waals surface area contributed by atoms with Gasteiger partial charge in [-0.05, 0) is 55.3 Å². The SMILES string of the molecule is CC.CC.CC.CC1=CC(CN(C)C(=O)c2ccc(CCNCC(O)C3=CC=C(F)NC3)cc2)NN1. The normalized spacial score (nSPS) is 16.5. The van der Waals surface area contributed by atoms with E-state index in [-0.39, 0.29) is 17.9 Å². The molecule has 3 rings (SSSR count). The third kappa shape index (κ3) is 11.8. The quantitative estimate of drug-likeness (QED) is 0.257. The zero-order chi connectivity index (χ0) is 27.5. The lowest BCUT2D eigenvalue weighted by Crippen LogP contribution is -2.41. The van der Waals surface area contributed by atoms with Crippen LogP contribution in [0.2, 0.25) is 0 Å². The number of rotatable bonds is 9. The summed E-state index contributed by atoms with van der Waals surface area (Å²) in [6.45, 7) is 16.0. The molecule has 1 aromatic carbocycles. The van der Waals surface area contributed by atoms with Crippen LogP contribution < -0.4 is 21.5 Å². The molecular formula is C28H48FN5O2. The molecule has 2 aliphatic heterocycles. The van der Waals surface area contributed by atoms with Gasteiger partial charge in [0.2, 0.25) is 0 Å². The van der Waals surface area contributed by atoms with Gasteiger partial charge in [-0.2, -0.15) is 4.39 Å². The van der Waals surface area contributed by atoms with E-state index in [1.807, 2.05) is 72.7 Å². The van der Waals surface area contributed by atoms with E-state index in [1.54, 1.807) is 18.0 Å². The molecule has 0 radical (unpaired) electrons. The molecule has 0 saturated carbocycles. The molecular weight excluding hydrogens is 457 g/mol. The number of allylic oxidation sites excluding steroid dienone is 3. The number of hydrogen-bond acceptors (Lipinski definition) is 6. The van der Waals surface area contributed by atoms with Gasteiger partial charge in [-0.15, -0.1) is 0 Å². The Hall–Kier alpha value is -2.68. The topological polar surface area (TPSA) is 88.7 Å². The van der Waals surface area contributed by atoms with Gasteiger partial charge in [-0.3, -0.25) is 4.79 Å². The van der Waals surface area contributed by atoms with Crippen molar-refractivity contribution in [3.63, 3.8) is 0 Å². The van der Waals surface area contributed by atoms with Gasteiger partial charge in [0, 0.05) is 37.9 Å². The summed E-state index contributed by atoms with van der Waals surface area (Å²) in [5.41, 5.74) is 9.75. The number of carbonyl (C=O) groups is 1. The maximum absolute atomic E-state index is 12.9. The maximum Gasteiger partial charge on any atom is 0.253 e. The van der Waals surface area contributed by atoms with Crippen LogP contribution in [0, 0.1) is 0 Å². The molecule has 2 aliphatic rings. The first kappa shape index (κ1) is 33.3. The summed E-state index contributed by atoms with van der Waals surface area (Å²) >= 11 is 0. The molecule has 7 nitrogen and oxygen atoms in total. The highest BCUT2D eigenvalue weighted by Crippen LogP contribution is 2.10. The standard InChI is InChI=1S/C22H30FN5O2.3C2H6/c1-15-11-19(27-26-15)14-28(2)22(30)17-5-3-16(4-6-17)9-10-24-13-20(29)18-7-8-21(23)25-12-18;3*1-2/h3-8,11,19-20,24-27,29H,9-10,12-14H2,1-2H3;3*1-2H3. The van der Waals surface area contributed by atoms with Crippen LogP contribution in [-0.2, 0) is 6.42 Å². The summed E-state index contributed by atoms with van der Waals surface area (Å²) < 4.78 is 12.9. The minimum atomic E-state index is -0.652. The Morgan fingerprint density at radius 3 is 2.31 bits per heavy atom. The van der Waals surface area contributed by atoms with Gasteiger partial charge in [-0.1, -0.05) is 59.8 Å². The fraction of sp³-hybridized carbons (Fsp3) is 0.536. The highest BCUT2D eigenvalue weighted by Gasteiger charge is 2.18. The van der Waals surface area contributed by atoms with Crippen molar-refractivity contribution in [2.75, 3.05) is 33.2 Å². The summed E-state index contributed by atoms with van der Waals surface area (Å²) in [6.07, 6.45) is 5.13. The van der Waals surface area contributed by atoms with E-state index in [4.69, 9.17) is 0 Å². The average molecular weight is 506 g/mol. The highest BCUT2D eigenvalue weighted by molar-refractivity contribution is 5.94. The first-order chi connectivity index (χ1) is 17.4. The number of hydrogen-bond donors (Lipinski definition) is 5. The lowest BCUT2D eigenvalue weighted by Gasteiger charge is -2.20. The van der Waals surface area contributed by atoms with Crippen LogP contribution in [0.25, 0.3) is 0 Å². The van der Waals surface area contributed by atoms with Crippen molar-refractivity contribution >= 4 is 5.91 Å². The largest absolute Gasteiger partial charge is 0.387 e. The molecule has 2 atom stereocenters. The van der Waals surface area contributed by atoms with E-state index >= 15 is 0 Å². The molecule has 36 heavy (non-hydrogen) atoms. The third-order valence-electron chi connectivity index (χ3n) is 5.19. The first-order valence-corrected chi connectivity index (χ1v) is 13.2. The summed E-state index contributed by atoms with van der Waals surface area (Å²) in [4.78, 5) is 14.3. The van der Waals surface area contributed by atoms with Gasteiger partial charge >= 0.3 is 0 Å². The number of carbonyl (C=O) groups excluding carboxylic acids is 1. The van der Waals surface area contributed by atoms with Crippen molar-refractivity contribution in [2.24, 2.45) is 0 Å². The Labute approximate surface area is 217 Å². The number of dihydropyridines is 1. The lowest BCUT2D eigenvalue weighted by molar-refractivity contribution is 0.0787. The Balaban J connectivity index is 0.00000190. The second-order valence-electron chi connectivity index (χ2n) is 7.69. The van der Waals surface area contributed by atoms with Crippen LogP contribution in [-0.4, -0.2) is 61.3 Å². The minimum Gasteiger partial charge on any atom is -0.387 e. The second kappa shape index (κ2) is 19.5. The predicted octanol–water partition coefficient (Wildman–Crippen LogP) is 4.05. The number of nitrogens with one attached hydrogen (secondary N) is 4. The molecule has 8 heteroatoms. The Bertz CT molecular complexity index is 837. The van der Waals surface area contributed by atoms with Gasteiger partial charge in [0.1, 0.15) is 0 Å². The lowest BCUT2D eigenvalue weighted by atomic mass is 10.1. The fourth-order valence-electron chi connectivity index (χ4n) is 3.42. The van der Waals surface area contributed by atoms with E-state index in [0.29, 0.717) is 31.7 Å². The van der Waals surface area contributed by atoms with Crippen LogP contribution in [0.3, 0.4) is 0 Å². The number of likely N-dealkylation sites (N-methyl/N-ethyl adjacent to an activating group) is 1. The van der Waals surface area contributed by atoms with Crippen molar-refractivity contribution in [3.8, 4) is 0 Å². The average Bonchev–Trinajstić information content (AvgIpc) is 3.34. The van der Waals surface area contributed by atoms with Crippen molar-refractivity contribution in [1.82, 2.24) is 26.4 Å². The number of aliphatic hydroxyl groups is 1. The smallest absolute Gasteiger partial charge is 0.253 e.